The Morgan fingerprint density at radius 3 is 2.48 bits per heavy atom. The summed E-state index contributed by atoms with van der Waals surface area (Å²) in [5.41, 5.74) is 5.75. The number of aliphatic hydroxyl groups is 2. The molecule has 2 atom stereocenters. The molecule has 2 aliphatic carbocycles. The van der Waals surface area contributed by atoms with E-state index in [2.05, 4.69) is 6.07 Å². The Bertz CT molecular complexity index is 1010. The molecule has 1 aromatic carbocycles. The summed E-state index contributed by atoms with van der Waals surface area (Å²) >= 11 is 0. The number of pyridine rings is 1. The van der Waals surface area contributed by atoms with Gasteiger partial charge in [0.2, 0.25) is 0 Å². The van der Waals surface area contributed by atoms with E-state index in [0.29, 0.717) is 11.8 Å². The van der Waals surface area contributed by atoms with Gasteiger partial charge in [0.15, 0.2) is 0 Å². The predicted octanol–water partition coefficient (Wildman–Crippen LogP) is 4.55. The number of hydrogen-bond acceptors (Lipinski definition) is 4. The lowest BCUT2D eigenvalue weighted by atomic mass is 9.92. The Morgan fingerprint density at radius 2 is 1.87 bits per heavy atom. The van der Waals surface area contributed by atoms with Crippen molar-refractivity contribution in [1.29, 1.82) is 0 Å². The molecule has 3 N–H and O–H groups in total. The molecule has 1 aromatic heterocycles. The number of aliphatic hydroxyl groups excluding tert-OH is 2. The van der Waals surface area contributed by atoms with Crippen LogP contribution in [0.3, 0.4) is 0 Å². The predicted molar refractivity (Wildman–Crippen MR) is 116 cm³/mol. The Kier molecular flexibility index (Phi) is 6.21. The minimum Gasteiger partial charge on any atom is -0.481 e. The van der Waals surface area contributed by atoms with E-state index in [-0.39, 0.29) is 12.2 Å². The van der Waals surface area contributed by atoms with Crippen LogP contribution in [-0.4, -0.2) is 38.5 Å². The molecular formula is C25H28FNO4. The van der Waals surface area contributed by atoms with Crippen molar-refractivity contribution in [3.63, 3.8) is 0 Å². The van der Waals surface area contributed by atoms with Crippen LogP contribution in [0.5, 0.6) is 0 Å². The second kappa shape index (κ2) is 8.89. The van der Waals surface area contributed by atoms with E-state index >= 15 is 0 Å². The molecule has 0 amide bonds. The first kappa shape index (κ1) is 21.7. The highest BCUT2D eigenvalue weighted by atomic mass is 19.1. The first-order chi connectivity index (χ1) is 14.8. The Balaban J connectivity index is 1.72. The number of halogens is 1. The molecule has 2 fully saturated rings. The highest BCUT2D eigenvalue weighted by molar-refractivity contribution is 5.79. The van der Waals surface area contributed by atoms with E-state index in [4.69, 9.17) is 10.1 Å². The Hall–Kier alpha value is -2.57. The molecular weight excluding hydrogens is 397 g/mol. The number of benzene rings is 1. The summed E-state index contributed by atoms with van der Waals surface area (Å²) in [5.74, 6) is -0.520. The van der Waals surface area contributed by atoms with Crippen LogP contribution in [0, 0.1) is 12.7 Å². The quantitative estimate of drug-likeness (QED) is 0.548. The molecule has 2 saturated carbocycles. The summed E-state index contributed by atoms with van der Waals surface area (Å²) < 4.78 is 13.7. The zero-order valence-electron chi connectivity index (χ0n) is 17.6. The SMILES string of the molecule is Cc1cc(F)ccc1-c1cc(C2CC2)nc(C2CC2)c1/C=C/[C@@H](O)C[C@@H](O)CC(=O)O. The van der Waals surface area contributed by atoms with Crippen molar-refractivity contribution in [3.05, 3.63) is 58.7 Å². The van der Waals surface area contributed by atoms with E-state index in [1.165, 1.54) is 12.1 Å². The summed E-state index contributed by atoms with van der Waals surface area (Å²) in [6.07, 6.45) is 5.27. The molecule has 6 heteroatoms. The van der Waals surface area contributed by atoms with Crippen LogP contribution in [-0.2, 0) is 4.79 Å². The number of aromatic nitrogens is 1. The molecule has 0 unspecified atom stereocenters. The zero-order chi connectivity index (χ0) is 22.1. The van der Waals surface area contributed by atoms with Crippen molar-refractivity contribution in [2.45, 2.75) is 69.5 Å². The summed E-state index contributed by atoms with van der Waals surface area (Å²) in [4.78, 5) is 15.7. The van der Waals surface area contributed by atoms with Gasteiger partial charge >= 0.3 is 5.97 Å². The molecule has 0 aliphatic heterocycles. The average molecular weight is 426 g/mol. The van der Waals surface area contributed by atoms with Crippen molar-refractivity contribution >= 4 is 12.0 Å². The topological polar surface area (TPSA) is 90.7 Å². The molecule has 0 saturated heterocycles. The number of aliphatic carboxylic acids is 1. The van der Waals surface area contributed by atoms with Gasteiger partial charge in [-0.2, -0.15) is 0 Å². The lowest BCUT2D eigenvalue weighted by Gasteiger charge is -2.17. The molecule has 0 radical (unpaired) electrons. The van der Waals surface area contributed by atoms with Crippen LogP contribution >= 0.6 is 0 Å². The molecule has 1 heterocycles. The highest BCUT2D eigenvalue weighted by Gasteiger charge is 2.32. The van der Waals surface area contributed by atoms with E-state index in [9.17, 15) is 19.4 Å². The number of rotatable bonds is 9. The van der Waals surface area contributed by atoms with Gasteiger partial charge in [-0.25, -0.2) is 4.39 Å². The van der Waals surface area contributed by atoms with Gasteiger partial charge in [-0.3, -0.25) is 9.78 Å². The summed E-state index contributed by atoms with van der Waals surface area (Å²) in [5, 5.41) is 28.9. The minimum absolute atomic E-state index is 0.0555. The van der Waals surface area contributed by atoms with Gasteiger partial charge in [0.25, 0.3) is 0 Å². The van der Waals surface area contributed by atoms with Crippen molar-refractivity contribution in [3.8, 4) is 11.1 Å². The maximum Gasteiger partial charge on any atom is 0.305 e. The van der Waals surface area contributed by atoms with Crippen LogP contribution in [0.4, 0.5) is 4.39 Å². The fourth-order valence-electron chi connectivity index (χ4n) is 4.03. The summed E-state index contributed by atoms with van der Waals surface area (Å²) in [6, 6.07) is 6.86. The molecule has 31 heavy (non-hydrogen) atoms. The second-order valence-corrected chi connectivity index (χ2v) is 8.82. The van der Waals surface area contributed by atoms with E-state index in [1.54, 1.807) is 12.1 Å². The van der Waals surface area contributed by atoms with E-state index in [0.717, 1.165) is 59.3 Å². The van der Waals surface area contributed by atoms with Crippen molar-refractivity contribution < 1.29 is 24.5 Å². The lowest BCUT2D eigenvalue weighted by Crippen LogP contribution is -2.19. The molecule has 0 bridgehead atoms. The van der Waals surface area contributed by atoms with Gasteiger partial charge in [-0.05, 0) is 67.5 Å². The third-order valence-electron chi connectivity index (χ3n) is 5.96. The highest BCUT2D eigenvalue weighted by Crippen LogP contribution is 2.47. The van der Waals surface area contributed by atoms with Crippen LogP contribution in [0.2, 0.25) is 0 Å². The number of carbonyl (C=O) groups is 1. The fraction of sp³-hybridized carbons (Fsp3) is 0.440. The third kappa shape index (κ3) is 5.38. The zero-order valence-corrected chi connectivity index (χ0v) is 17.6. The normalized spacial score (nSPS) is 18.3. The van der Waals surface area contributed by atoms with Crippen LogP contribution < -0.4 is 0 Å². The van der Waals surface area contributed by atoms with Crippen molar-refractivity contribution in [2.24, 2.45) is 0 Å². The maximum atomic E-state index is 13.7. The molecule has 0 spiro atoms. The van der Waals surface area contributed by atoms with Crippen LogP contribution in [0.15, 0.2) is 30.3 Å². The first-order valence-electron chi connectivity index (χ1n) is 10.9. The second-order valence-electron chi connectivity index (χ2n) is 8.82. The van der Waals surface area contributed by atoms with E-state index in [1.807, 2.05) is 13.0 Å². The number of carboxylic acids is 1. The molecule has 2 aliphatic rings. The number of aryl methyl sites for hydroxylation is 1. The fourth-order valence-corrected chi connectivity index (χ4v) is 4.03. The third-order valence-corrected chi connectivity index (χ3v) is 5.96. The van der Waals surface area contributed by atoms with Gasteiger partial charge in [0.05, 0.1) is 24.3 Å². The summed E-state index contributed by atoms with van der Waals surface area (Å²) in [6.45, 7) is 1.89. The van der Waals surface area contributed by atoms with Gasteiger partial charge in [0.1, 0.15) is 5.82 Å². The van der Waals surface area contributed by atoms with Crippen LogP contribution in [0.25, 0.3) is 17.2 Å². The molecule has 5 nitrogen and oxygen atoms in total. The van der Waals surface area contributed by atoms with Crippen LogP contribution in [0.1, 0.15) is 72.9 Å². The average Bonchev–Trinajstić information content (AvgIpc) is 3.58. The van der Waals surface area contributed by atoms with E-state index < -0.39 is 24.6 Å². The smallest absolute Gasteiger partial charge is 0.305 e. The number of nitrogens with zero attached hydrogens (tertiary/aromatic N) is 1. The number of hydrogen-bond donors (Lipinski definition) is 3. The van der Waals surface area contributed by atoms with Gasteiger partial charge in [-0.15, -0.1) is 0 Å². The number of carboxylic acid groups (broad SMARTS) is 1. The Morgan fingerprint density at radius 1 is 1.16 bits per heavy atom. The Labute approximate surface area is 181 Å². The van der Waals surface area contributed by atoms with Gasteiger partial charge < -0.3 is 15.3 Å². The minimum atomic E-state index is -1.12. The monoisotopic (exact) mass is 425 g/mol. The van der Waals surface area contributed by atoms with Crippen molar-refractivity contribution in [1.82, 2.24) is 4.98 Å². The van der Waals surface area contributed by atoms with Gasteiger partial charge in [-0.1, -0.05) is 18.2 Å². The molecule has 2 aromatic rings. The van der Waals surface area contributed by atoms with Gasteiger partial charge in [0, 0.05) is 29.5 Å². The standard InChI is InChI=1S/C25H28FNO4/c1-14-10-17(26)6-8-20(14)22-13-23(15-2-3-15)27-25(16-4-5-16)21(22)9-7-18(28)11-19(29)12-24(30)31/h6-10,13,15-16,18-19,28-29H,2-5,11-12H2,1H3,(H,30,31)/b9-7+/t18-,19-/m1/s1. The lowest BCUT2D eigenvalue weighted by molar-refractivity contribution is -0.139. The summed E-state index contributed by atoms with van der Waals surface area (Å²) in [7, 11) is 0. The maximum absolute atomic E-state index is 13.7. The van der Waals surface area contributed by atoms with Crippen molar-refractivity contribution in [2.75, 3.05) is 0 Å². The molecule has 4 rings (SSSR count). The first-order valence-corrected chi connectivity index (χ1v) is 10.9. The largest absolute Gasteiger partial charge is 0.481 e. The molecule has 164 valence electrons.